The lowest BCUT2D eigenvalue weighted by atomic mass is 10.1. The average molecular weight is 312 g/mol. The molecule has 0 aliphatic heterocycles. The second-order valence-corrected chi connectivity index (χ2v) is 5.53. The molecule has 110 valence electrons. The summed E-state index contributed by atoms with van der Waals surface area (Å²) in [5.41, 5.74) is 4.20. The van der Waals surface area contributed by atoms with Crippen LogP contribution in [-0.2, 0) is 6.54 Å². The molecule has 0 N–H and O–H groups in total. The van der Waals surface area contributed by atoms with Crippen molar-refractivity contribution >= 4 is 17.9 Å². The molecule has 0 radical (unpaired) electrons. The smallest absolute Gasteiger partial charge is 0.172 e. The first-order valence-electron chi connectivity index (χ1n) is 6.87. The van der Waals surface area contributed by atoms with E-state index in [4.69, 9.17) is 11.6 Å². The van der Waals surface area contributed by atoms with Crippen molar-refractivity contribution in [2.45, 2.75) is 13.5 Å². The van der Waals surface area contributed by atoms with Crippen molar-refractivity contribution in [1.29, 1.82) is 0 Å². The Balaban J connectivity index is 2.01. The van der Waals surface area contributed by atoms with Crippen LogP contribution in [0.2, 0.25) is 5.02 Å². The molecule has 1 aromatic heterocycles. The average Bonchev–Trinajstić information content (AvgIpc) is 2.93. The van der Waals surface area contributed by atoms with Crippen molar-refractivity contribution in [3.63, 3.8) is 0 Å². The van der Waals surface area contributed by atoms with Crippen molar-refractivity contribution in [1.82, 2.24) is 15.0 Å². The van der Waals surface area contributed by atoms with Crippen LogP contribution in [0.4, 0.5) is 0 Å². The molecule has 0 spiro atoms. The summed E-state index contributed by atoms with van der Waals surface area (Å²) < 4.78 is 1.73. The molecule has 4 nitrogen and oxygen atoms in total. The maximum atomic E-state index is 11.2. The van der Waals surface area contributed by atoms with Gasteiger partial charge in [-0.05, 0) is 24.6 Å². The third-order valence-corrected chi connectivity index (χ3v) is 3.70. The summed E-state index contributed by atoms with van der Waals surface area (Å²) in [7, 11) is 0. The van der Waals surface area contributed by atoms with E-state index in [0.717, 1.165) is 28.7 Å². The SMILES string of the molecule is Cc1ccc(-c2c(C=O)nnn2Cc2ccc(Cl)cc2)cc1. The lowest BCUT2D eigenvalue weighted by Crippen LogP contribution is -2.04. The second kappa shape index (κ2) is 6.12. The zero-order valence-electron chi connectivity index (χ0n) is 12.0. The van der Waals surface area contributed by atoms with E-state index in [9.17, 15) is 4.79 Å². The van der Waals surface area contributed by atoms with Crippen LogP contribution in [0.5, 0.6) is 0 Å². The number of hydrogen-bond donors (Lipinski definition) is 0. The zero-order valence-corrected chi connectivity index (χ0v) is 12.8. The van der Waals surface area contributed by atoms with Crippen LogP contribution < -0.4 is 0 Å². The third kappa shape index (κ3) is 2.92. The van der Waals surface area contributed by atoms with Gasteiger partial charge in [-0.25, -0.2) is 4.68 Å². The number of benzene rings is 2. The van der Waals surface area contributed by atoms with Gasteiger partial charge < -0.3 is 0 Å². The third-order valence-electron chi connectivity index (χ3n) is 3.44. The van der Waals surface area contributed by atoms with E-state index in [1.807, 2.05) is 55.5 Å². The Morgan fingerprint density at radius 2 is 1.77 bits per heavy atom. The standard InChI is InChI=1S/C17H14ClN3O/c1-12-2-6-14(7-3-12)17-16(11-22)19-20-21(17)10-13-4-8-15(18)9-5-13/h2-9,11H,10H2,1H3. The number of halogens is 1. The van der Waals surface area contributed by atoms with Crippen molar-refractivity contribution in [2.24, 2.45) is 0 Å². The van der Waals surface area contributed by atoms with Gasteiger partial charge >= 0.3 is 0 Å². The maximum absolute atomic E-state index is 11.2. The highest BCUT2D eigenvalue weighted by atomic mass is 35.5. The number of carbonyl (C=O) groups is 1. The van der Waals surface area contributed by atoms with Gasteiger partial charge in [-0.1, -0.05) is 58.8 Å². The molecule has 0 aliphatic rings. The highest BCUT2D eigenvalue weighted by molar-refractivity contribution is 6.30. The number of hydrogen-bond acceptors (Lipinski definition) is 3. The van der Waals surface area contributed by atoms with Gasteiger partial charge in [0.05, 0.1) is 12.2 Å². The molecular weight excluding hydrogens is 298 g/mol. The lowest BCUT2D eigenvalue weighted by molar-refractivity contribution is 0.111. The Morgan fingerprint density at radius 1 is 1.09 bits per heavy atom. The predicted octanol–water partition coefficient (Wildman–Crippen LogP) is 3.77. The van der Waals surface area contributed by atoms with E-state index in [-0.39, 0.29) is 0 Å². The van der Waals surface area contributed by atoms with Gasteiger partial charge in [0.2, 0.25) is 0 Å². The van der Waals surface area contributed by atoms with Gasteiger partial charge in [-0.3, -0.25) is 4.79 Å². The summed E-state index contributed by atoms with van der Waals surface area (Å²) >= 11 is 5.90. The molecule has 0 fully saturated rings. The Kier molecular flexibility index (Phi) is 4.02. The van der Waals surface area contributed by atoms with Crippen LogP contribution in [0, 0.1) is 6.92 Å². The molecule has 0 aliphatic carbocycles. The second-order valence-electron chi connectivity index (χ2n) is 5.09. The quantitative estimate of drug-likeness (QED) is 0.689. The first kappa shape index (κ1) is 14.5. The van der Waals surface area contributed by atoms with Crippen LogP contribution in [0.15, 0.2) is 48.5 Å². The molecular formula is C17H14ClN3O. The molecule has 0 atom stereocenters. The summed E-state index contributed by atoms with van der Waals surface area (Å²) in [6.07, 6.45) is 0.737. The van der Waals surface area contributed by atoms with Crippen LogP contribution in [-0.4, -0.2) is 21.3 Å². The molecule has 2 aromatic carbocycles. The minimum atomic E-state index is 0.345. The number of aryl methyl sites for hydroxylation is 1. The predicted molar refractivity (Wildman–Crippen MR) is 86.1 cm³/mol. The topological polar surface area (TPSA) is 47.8 Å². The summed E-state index contributed by atoms with van der Waals surface area (Å²) in [6.45, 7) is 2.55. The summed E-state index contributed by atoms with van der Waals surface area (Å²) in [6, 6.07) is 15.5. The Bertz CT molecular complexity index is 792. The summed E-state index contributed by atoms with van der Waals surface area (Å²) in [4.78, 5) is 11.2. The number of aromatic nitrogens is 3. The largest absolute Gasteiger partial charge is 0.296 e. The first-order valence-corrected chi connectivity index (χ1v) is 7.25. The van der Waals surface area contributed by atoms with Gasteiger partial charge in [-0.2, -0.15) is 0 Å². The molecule has 0 unspecified atom stereocenters. The molecule has 3 aromatic rings. The molecule has 5 heteroatoms. The van der Waals surface area contributed by atoms with Crippen molar-refractivity contribution < 1.29 is 4.79 Å². The normalized spacial score (nSPS) is 10.6. The van der Waals surface area contributed by atoms with E-state index in [0.29, 0.717) is 17.3 Å². The number of carbonyl (C=O) groups excluding carboxylic acids is 1. The minimum absolute atomic E-state index is 0.345. The fourth-order valence-corrected chi connectivity index (χ4v) is 2.41. The van der Waals surface area contributed by atoms with Crippen LogP contribution >= 0.6 is 11.6 Å². The van der Waals surface area contributed by atoms with E-state index in [1.54, 1.807) is 4.68 Å². The highest BCUT2D eigenvalue weighted by Crippen LogP contribution is 2.23. The number of nitrogens with zero attached hydrogens (tertiary/aromatic N) is 3. The molecule has 1 heterocycles. The fraction of sp³-hybridized carbons (Fsp3) is 0.118. The lowest BCUT2D eigenvalue weighted by Gasteiger charge is -2.08. The maximum Gasteiger partial charge on any atom is 0.172 e. The Morgan fingerprint density at radius 3 is 2.41 bits per heavy atom. The number of aldehydes is 1. The van der Waals surface area contributed by atoms with E-state index in [2.05, 4.69) is 10.3 Å². The molecule has 0 saturated heterocycles. The summed E-state index contributed by atoms with van der Waals surface area (Å²) in [5.74, 6) is 0. The molecule has 22 heavy (non-hydrogen) atoms. The van der Waals surface area contributed by atoms with Gasteiger partial charge in [0, 0.05) is 10.6 Å². The monoisotopic (exact) mass is 311 g/mol. The first-order chi connectivity index (χ1) is 10.7. The van der Waals surface area contributed by atoms with Crippen molar-refractivity contribution in [3.05, 3.63) is 70.4 Å². The van der Waals surface area contributed by atoms with Crippen molar-refractivity contribution in [3.8, 4) is 11.3 Å². The van der Waals surface area contributed by atoms with Gasteiger partial charge in [0.25, 0.3) is 0 Å². The van der Waals surface area contributed by atoms with Crippen LogP contribution in [0.3, 0.4) is 0 Å². The highest BCUT2D eigenvalue weighted by Gasteiger charge is 2.14. The van der Waals surface area contributed by atoms with Gasteiger partial charge in [0.15, 0.2) is 12.0 Å². The van der Waals surface area contributed by atoms with Crippen LogP contribution in [0.1, 0.15) is 21.6 Å². The van der Waals surface area contributed by atoms with Crippen LogP contribution in [0.25, 0.3) is 11.3 Å². The van der Waals surface area contributed by atoms with E-state index < -0.39 is 0 Å². The minimum Gasteiger partial charge on any atom is -0.296 e. The van der Waals surface area contributed by atoms with Gasteiger partial charge in [0.1, 0.15) is 0 Å². The van der Waals surface area contributed by atoms with E-state index in [1.165, 1.54) is 0 Å². The van der Waals surface area contributed by atoms with E-state index >= 15 is 0 Å². The molecule has 3 rings (SSSR count). The zero-order chi connectivity index (χ0) is 15.5. The summed E-state index contributed by atoms with van der Waals surface area (Å²) in [5, 5.41) is 8.76. The number of rotatable bonds is 4. The fourth-order valence-electron chi connectivity index (χ4n) is 2.29. The molecule has 0 saturated carbocycles. The van der Waals surface area contributed by atoms with Crippen molar-refractivity contribution in [2.75, 3.05) is 0 Å². The molecule has 0 amide bonds. The van der Waals surface area contributed by atoms with Gasteiger partial charge in [-0.15, -0.1) is 5.10 Å². The molecule has 0 bridgehead atoms. The Hall–Kier alpha value is -2.46. The Labute approximate surface area is 133 Å².